The molecule has 0 amide bonds. The summed E-state index contributed by atoms with van der Waals surface area (Å²) in [4.78, 5) is 7.30. The second-order valence-corrected chi connectivity index (χ2v) is 7.32. The molecule has 2 aromatic rings. The van der Waals surface area contributed by atoms with Gasteiger partial charge in [-0.1, -0.05) is 20.8 Å². The second-order valence-electron chi connectivity index (χ2n) is 5.13. The Hall–Kier alpha value is -0.710. The smallest absolute Gasteiger partial charge is 0.0980 e. The van der Waals surface area contributed by atoms with Crippen LogP contribution in [0, 0.1) is 0 Å². The largest absolute Gasteiger partial charge is 0.326 e. The summed E-state index contributed by atoms with van der Waals surface area (Å²) in [7, 11) is 0. The van der Waals surface area contributed by atoms with E-state index >= 15 is 0 Å². The Labute approximate surface area is 111 Å². The van der Waals surface area contributed by atoms with Crippen LogP contribution in [0.15, 0.2) is 17.5 Å². The van der Waals surface area contributed by atoms with Crippen molar-refractivity contribution in [3.63, 3.8) is 0 Å². The minimum Gasteiger partial charge on any atom is -0.326 e. The van der Waals surface area contributed by atoms with Crippen molar-refractivity contribution in [1.29, 1.82) is 0 Å². The van der Waals surface area contributed by atoms with E-state index in [0.29, 0.717) is 6.54 Å². The fraction of sp³-hybridized carbons (Fsp3) is 0.462. The fourth-order valence-corrected chi connectivity index (χ4v) is 3.55. The number of nitrogens with zero attached hydrogens (tertiary/aromatic N) is 1. The van der Waals surface area contributed by atoms with E-state index in [0.717, 1.165) is 6.42 Å². The van der Waals surface area contributed by atoms with Crippen molar-refractivity contribution in [2.75, 3.05) is 0 Å². The van der Waals surface area contributed by atoms with Crippen molar-refractivity contribution in [3.8, 4) is 0 Å². The van der Waals surface area contributed by atoms with Crippen LogP contribution in [0.2, 0.25) is 0 Å². The molecule has 17 heavy (non-hydrogen) atoms. The van der Waals surface area contributed by atoms with Crippen LogP contribution in [0.25, 0.3) is 0 Å². The van der Waals surface area contributed by atoms with Gasteiger partial charge in [-0.2, -0.15) is 0 Å². The summed E-state index contributed by atoms with van der Waals surface area (Å²) in [5, 5.41) is 3.37. The Balaban J connectivity index is 2.11. The number of nitrogens with two attached hydrogens (primary N) is 1. The lowest BCUT2D eigenvalue weighted by Gasteiger charge is -2.14. The van der Waals surface area contributed by atoms with Gasteiger partial charge in [-0.05, 0) is 12.1 Å². The summed E-state index contributed by atoms with van der Waals surface area (Å²) in [6.07, 6.45) is 0.936. The van der Waals surface area contributed by atoms with Gasteiger partial charge < -0.3 is 5.73 Å². The first-order valence-corrected chi connectivity index (χ1v) is 7.41. The summed E-state index contributed by atoms with van der Waals surface area (Å²) in [5.74, 6) is 0. The van der Waals surface area contributed by atoms with Crippen molar-refractivity contribution in [2.45, 2.75) is 39.2 Å². The molecule has 0 aliphatic carbocycles. The lowest BCUT2D eigenvalue weighted by atomic mass is 9.93. The Morgan fingerprint density at radius 2 is 1.94 bits per heavy atom. The van der Waals surface area contributed by atoms with Gasteiger partial charge in [0.15, 0.2) is 0 Å². The number of hydrogen-bond donors (Lipinski definition) is 1. The number of thiophene rings is 1. The molecule has 0 aliphatic rings. The summed E-state index contributed by atoms with van der Waals surface area (Å²) in [5.41, 5.74) is 6.95. The predicted octanol–water partition coefficient (Wildman–Crippen LogP) is 3.55. The number of aromatic nitrogens is 1. The zero-order valence-electron chi connectivity index (χ0n) is 10.5. The van der Waals surface area contributed by atoms with E-state index in [2.05, 4.69) is 38.3 Å². The zero-order valence-corrected chi connectivity index (χ0v) is 12.1. The zero-order chi connectivity index (χ0) is 12.5. The van der Waals surface area contributed by atoms with Crippen molar-refractivity contribution in [1.82, 2.24) is 4.98 Å². The number of hydrogen-bond acceptors (Lipinski definition) is 4. The van der Waals surface area contributed by atoms with Gasteiger partial charge in [0.05, 0.1) is 10.7 Å². The van der Waals surface area contributed by atoms with Crippen LogP contribution in [-0.2, 0) is 18.4 Å². The lowest BCUT2D eigenvalue weighted by molar-refractivity contribution is 0.571. The predicted molar refractivity (Wildman–Crippen MR) is 75.8 cm³/mol. The summed E-state index contributed by atoms with van der Waals surface area (Å²) in [6, 6.07) is 4.27. The van der Waals surface area contributed by atoms with Crippen molar-refractivity contribution < 1.29 is 0 Å². The third-order valence-corrected chi connectivity index (χ3v) is 4.52. The molecule has 0 aliphatic heterocycles. The summed E-state index contributed by atoms with van der Waals surface area (Å²) < 4.78 is 0. The fourth-order valence-electron chi connectivity index (χ4n) is 1.51. The van der Waals surface area contributed by atoms with Gasteiger partial charge in [0, 0.05) is 33.5 Å². The van der Waals surface area contributed by atoms with Crippen LogP contribution < -0.4 is 5.73 Å². The SMILES string of the molecule is CC(C)(C)c1csc(Cc2ccc(CN)s2)n1. The third kappa shape index (κ3) is 3.15. The first-order chi connectivity index (χ1) is 7.99. The van der Waals surface area contributed by atoms with Crippen LogP contribution in [0.5, 0.6) is 0 Å². The molecule has 92 valence electrons. The van der Waals surface area contributed by atoms with Crippen LogP contribution >= 0.6 is 22.7 Å². The Morgan fingerprint density at radius 3 is 2.47 bits per heavy atom. The molecular weight excluding hydrogens is 248 g/mol. The summed E-state index contributed by atoms with van der Waals surface area (Å²) in [6.45, 7) is 7.23. The first kappa shape index (κ1) is 12.7. The standard InChI is InChI=1S/C13H18N2S2/c1-13(2,3)11-8-16-12(15-11)6-9-4-5-10(7-14)17-9/h4-5,8H,6-7,14H2,1-3H3. The Morgan fingerprint density at radius 1 is 1.24 bits per heavy atom. The monoisotopic (exact) mass is 266 g/mol. The van der Waals surface area contributed by atoms with Gasteiger partial charge in [-0.25, -0.2) is 4.98 Å². The van der Waals surface area contributed by atoms with Gasteiger partial charge in [0.25, 0.3) is 0 Å². The maximum Gasteiger partial charge on any atom is 0.0980 e. The first-order valence-electron chi connectivity index (χ1n) is 5.71. The highest BCUT2D eigenvalue weighted by molar-refractivity contribution is 7.12. The number of thiazole rings is 1. The molecule has 2 aromatic heterocycles. The minimum absolute atomic E-state index is 0.145. The topological polar surface area (TPSA) is 38.9 Å². The van der Waals surface area contributed by atoms with E-state index in [1.54, 1.807) is 22.7 Å². The Bertz CT molecular complexity index is 491. The van der Waals surface area contributed by atoms with Gasteiger partial charge in [0.2, 0.25) is 0 Å². The molecule has 0 unspecified atom stereocenters. The molecule has 2 nitrogen and oxygen atoms in total. The highest BCUT2D eigenvalue weighted by atomic mass is 32.1. The minimum atomic E-state index is 0.145. The lowest BCUT2D eigenvalue weighted by Crippen LogP contribution is -2.11. The molecule has 0 saturated carbocycles. The molecule has 0 aromatic carbocycles. The molecule has 2 heterocycles. The van der Waals surface area contributed by atoms with Gasteiger partial charge in [-0.15, -0.1) is 22.7 Å². The van der Waals surface area contributed by atoms with Gasteiger partial charge >= 0.3 is 0 Å². The molecule has 2 N–H and O–H groups in total. The molecule has 0 spiro atoms. The van der Waals surface area contributed by atoms with Crippen molar-refractivity contribution in [3.05, 3.63) is 38.0 Å². The molecular formula is C13H18N2S2. The van der Waals surface area contributed by atoms with E-state index in [1.807, 2.05) is 0 Å². The highest BCUT2D eigenvalue weighted by Gasteiger charge is 2.17. The maximum atomic E-state index is 5.62. The highest BCUT2D eigenvalue weighted by Crippen LogP contribution is 2.26. The summed E-state index contributed by atoms with van der Waals surface area (Å²) >= 11 is 3.54. The Kier molecular flexibility index (Phi) is 3.66. The normalized spacial score (nSPS) is 12.0. The van der Waals surface area contributed by atoms with Crippen LogP contribution in [-0.4, -0.2) is 4.98 Å². The number of rotatable bonds is 3. The molecule has 0 fully saturated rings. The van der Waals surface area contributed by atoms with Crippen molar-refractivity contribution >= 4 is 22.7 Å². The molecule has 0 saturated heterocycles. The van der Waals surface area contributed by atoms with Crippen molar-refractivity contribution in [2.24, 2.45) is 5.73 Å². The van der Waals surface area contributed by atoms with Crippen LogP contribution in [0.3, 0.4) is 0 Å². The molecule has 2 rings (SSSR count). The molecule has 0 bridgehead atoms. The second kappa shape index (κ2) is 4.88. The molecule has 0 radical (unpaired) electrons. The van der Waals surface area contributed by atoms with E-state index in [9.17, 15) is 0 Å². The average Bonchev–Trinajstić information content (AvgIpc) is 2.86. The quantitative estimate of drug-likeness (QED) is 0.922. The van der Waals surface area contributed by atoms with Gasteiger partial charge in [0.1, 0.15) is 0 Å². The van der Waals surface area contributed by atoms with Gasteiger partial charge in [-0.3, -0.25) is 0 Å². The third-order valence-electron chi connectivity index (χ3n) is 2.56. The average molecular weight is 266 g/mol. The van der Waals surface area contributed by atoms with E-state index in [-0.39, 0.29) is 5.41 Å². The van der Waals surface area contributed by atoms with Crippen LogP contribution in [0.4, 0.5) is 0 Å². The van der Waals surface area contributed by atoms with Crippen LogP contribution in [0.1, 0.15) is 41.2 Å². The van der Waals surface area contributed by atoms with E-state index in [4.69, 9.17) is 10.7 Å². The maximum absolute atomic E-state index is 5.62. The molecule has 0 atom stereocenters. The van der Waals surface area contributed by atoms with E-state index in [1.165, 1.54) is 20.5 Å². The molecule has 4 heteroatoms. The van der Waals surface area contributed by atoms with E-state index < -0.39 is 0 Å².